The van der Waals surface area contributed by atoms with E-state index in [-0.39, 0.29) is 18.5 Å². The fraction of sp³-hybridized carbons (Fsp3) is 0.381. The molecule has 0 saturated carbocycles. The highest BCUT2D eigenvalue weighted by atomic mass is 16.5. The fourth-order valence-corrected chi connectivity index (χ4v) is 2.70. The van der Waals surface area contributed by atoms with E-state index in [2.05, 4.69) is 5.32 Å². The highest BCUT2D eigenvalue weighted by Crippen LogP contribution is 2.29. The number of ether oxygens (including phenoxy) is 3. The van der Waals surface area contributed by atoms with E-state index in [0.29, 0.717) is 18.9 Å². The van der Waals surface area contributed by atoms with Crippen LogP contribution in [0.25, 0.3) is 0 Å². The van der Waals surface area contributed by atoms with Gasteiger partial charge < -0.3 is 19.5 Å². The molecule has 0 aliphatic carbocycles. The number of methoxy groups -OCH3 is 2. The molecule has 2 aromatic carbocycles. The third kappa shape index (κ3) is 6.49. The number of nitrogens with one attached hydrogen (secondary N) is 1. The van der Waals surface area contributed by atoms with Crippen molar-refractivity contribution in [2.75, 3.05) is 41.0 Å². The van der Waals surface area contributed by atoms with Gasteiger partial charge in [-0.2, -0.15) is 0 Å². The van der Waals surface area contributed by atoms with E-state index in [9.17, 15) is 4.79 Å². The molecule has 0 heterocycles. The van der Waals surface area contributed by atoms with Crippen LogP contribution in [0.3, 0.4) is 0 Å². The van der Waals surface area contributed by atoms with Crippen LogP contribution >= 0.6 is 0 Å². The van der Waals surface area contributed by atoms with Gasteiger partial charge in [-0.05, 0) is 44.3 Å². The predicted octanol–water partition coefficient (Wildman–Crippen LogP) is 2.89. The first kappa shape index (κ1) is 20.6. The number of carbonyl (C=O) groups is 1. The summed E-state index contributed by atoms with van der Waals surface area (Å²) in [6.45, 7) is 3.38. The molecule has 1 unspecified atom stereocenters. The molecule has 0 aliphatic heterocycles. The molecule has 0 fully saturated rings. The Morgan fingerprint density at radius 3 is 2.48 bits per heavy atom. The summed E-state index contributed by atoms with van der Waals surface area (Å²) < 4.78 is 16.3. The van der Waals surface area contributed by atoms with E-state index in [1.165, 1.54) is 0 Å². The normalized spacial score (nSPS) is 11.7. The topological polar surface area (TPSA) is 60.0 Å². The van der Waals surface area contributed by atoms with Gasteiger partial charge in [-0.3, -0.25) is 9.69 Å². The van der Waals surface area contributed by atoms with Crippen LogP contribution in [-0.2, 0) is 4.79 Å². The number of benzene rings is 2. The number of amides is 1. The third-order valence-electron chi connectivity index (χ3n) is 4.18. The van der Waals surface area contributed by atoms with Gasteiger partial charge >= 0.3 is 0 Å². The summed E-state index contributed by atoms with van der Waals surface area (Å²) in [5, 5.41) is 3.00. The van der Waals surface area contributed by atoms with Crippen molar-refractivity contribution in [2.24, 2.45) is 0 Å². The second-order valence-electron chi connectivity index (χ2n) is 6.30. The lowest BCUT2D eigenvalue weighted by atomic mass is 10.1. The Morgan fingerprint density at radius 2 is 1.81 bits per heavy atom. The molecule has 6 nitrogen and oxygen atoms in total. The summed E-state index contributed by atoms with van der Waals surface area (Å²) in [7, 11) is 5.12. The van der Waals surface area contributed by atoms with Crippen LogP contribution in [0.4, 0.5) is 0 Å². The highest BCUT2D eigenvalue weighted by molar-refractivity contribution is 5.78. The Hall–Kier alpha value is -2.73. The summed E-state index contributed by atoms with van der Waals surface area (Å²) in [6.07, 6.45) is 0. The van der Waals surface area contributed by atoms with Gasteiger partial charge in [0, 0.05) is 12.1 Å². The van der Waals surface area contributed by atoms with Crippen LogP contribution in [0.2, 0.25) is 0 Å². The molecule has 0 aromatic heterocycles. The molecule has 1 N–H and O–H groups in total. The van der Waals surface area contributed by atoms with E-state index in [4.69, 9.17) is 14.2 Å². The summed E-state index contributed by atoms with van der Waals surface area (Å²) in [5.74, 6) is 2.21. The van der Waals surface area contributed by atoms with Crippen LogP contribution < -0.4 is 19.5 Å². The summed E-state index contributed by atoms with van der Waals surface area (Å²) in [5.41, 5.74) is 0.875. The molecular weight excluding hydrogens is 344 g/mol. The average Bonchev–Trinajstić information content (AvgIpc) is 2.68. The minimum absolute atomic E-state index is 0.0606. The summed E-state index contributed by atoms with van der Waals surface area (Å²) >= 11 is 0. The second-order valence-corrected chi connectivity index (χ2v) is 6.30. The van der Waals surface area contributed by atoms with Crippen molar-refractivity contribution in [1.29, 1.82) is 0 Å². The molecule has 2 rings (SSSR count). The standard InChI is InChI=1S/C21H28N2O4/c1-16(19-14-18(25-3)10-11-20(19)26-4)22-21(24)15-23(2)12-13-27-17-8-6-5-7-9-17/h5-11,14,16H,12-13,15H2,1-4H3,(H,22,24). The van der Waals surface area contributed by atoms with Crippen LogP contribution in [0.15, 0.2) is 48.5 Å². The number of hydrogen-bond donors (Lipinski definition) is 1. The lowest BCUT2D eigenvalue weighted by Crippen LogP contribution is -2.38. The van der Waals surface area contributed by atoms with Gasteiger partial charge in [0.15, 0.2) is 0 Å². The van der Waals surface area contributed by atoms with Crippen molar-refractivity contribution in [3.05, 3.63) is 54.1 Å². The number of para-hydroxylation sites is 1. The molecular formula is C21H28N2O4. The second kappa shape index (κ2) is 10.4. The number of hydrogen-bond acceptors (Lipinski definition) is 5. The van der Waals surface area contributed by atoms with Crippen molar-refractivity contribution in [3.8, 4) is 17.2 Å². The zero-order valence-corrected chi connectivity index (χ0v) is 16.4. The molecule has 1 amide bonds. The predicted molar refractivity (Wildman–Crippen MR) is 106 cm³/mol. The SMILES string of the molecule is COc1ccc(OC)c(C(C)NC(=O)CN(C)CCOc2ccccc2)c1. The van der Waals surface area contributed by atoms with E-state index in [1.807, 2.05) is 67.4 Å². The van der Waals surface area contributed by atoms with E-state index in [1.54, 1.807) is 14.2 Å². The zero-order chi connectivity index (χ0) is 19.6. The largest absolute Gasteiger partial charge is 0.497 e. The van der Waals surface area contributed by atoms with Crippen molar-refractivity contribution >= 4 is 5.91 Å². The fourth-order valence-electron chi connectivity index (χ4n) is 2.70. The Labute approximate surface area is 161 Å². The van der Waals surface area contributed by atoms with Crippen molar-refractivity contribution in [3.63, 3.8) is 0 Å². The molecule has 146 valence electrons. The van der Waals surface area contributed by atoms with Gasteiger partial charge in [-0.25, -0.2) is 0 Å². The molecule has 6 heteroatoms. The lowest BCUT2D eigenvalue weighted by molar-refractivity contribution is -0.122. The van der Waals surface area contributed by atoms with E-state index >= 15 is 0 Å². The average molecular weight is 372 g/mol. The monoisotopic (exact) mass is 372 g/mol. The van der Waals surface area contributed by atoms with Crippen LogP contribution in [0.5, 0.6) is 17.2 Å². The molecule has 0 aliphatic rings. The van der Waals surface area contributed by atoms with Crippen LogP contribution in [0.1, 0.15) is 18.5 Å². The maximum absolute atomic E-state index is 12.4. The van der Waals surface area contributed by atoms with Gasteiger partial charge in [0.1, 0.15) is 23.9 Å². The number of nitrogens with zero attached hydrogens (tertiary/aromatic N) is 1. The number of likely N-dealkylation sites (N-methyl/N-ethyl adjacent to an activating group) is 1. The molecule has 27 heavy (non-hydrogen) atoms. The molecule has 0 saturated heterocycles. The maximum atomic E-state index is 12.4. The van der Waals surface area contributed by atoms with Gasteiger partial charge in [0.2, 0.25) is 5.91 Å². The Kier molecular flexibility index (Phi) is 7.95. The van der Waals surface area contributed by atoms with Crippen molar-refractivity contribution in [2.45, 2.75) is 13.0 Å². The minimum Gasteiger partial charge on any atom is -0.497 e. The van der Waals surface area contributed by atoms with Gasteiger partial charge in [0.05, 0.1) is 26.8 Å². The molecule has 0 spiro atoms. The van der Waals surface area contributed by atoms with E-state index < -0.39 is 0 Å². The number of rotatable bonds is 10. The van der Waals surface area contributed by atoms with Gasteiger partial charge in [-0.15, -0.1) is 0 Å². The third-order valence-corrected chi connectivity index (χ3v) is 4.18. The van der Waals surface area contributed by atoms with Crippen LogP contribution in [0, 0.1) is 0 Å². The molecule has 0 bridgehead atoms. The molecule has 2 aromatic rings. The zero-order valence-electron chi connectivity index (χ0n) is 16.4. The first-order valence-corrected chi connectivity index (χ1v) is 8.91. The van der Waals surface area contributed by atoms with E-state index in [0.717, 1.165) is 17.1 Å². The van der Waals surface area contributed by atoms with Gasteiger partial charge in [-0.1, -0.05) is 18.2 Å². The van der Waals surface area contributed by atoms with Crippen molar-refractivity contribution < 1.29 is 19.0 Å². The van der Waals surface area contributed by atoms with Crippen molar-refractivity contribution in [1.82, 2.24) is 10.2 Å². The highest BCUT2D eigenvalue weighted by Gasteiger charge is 2.16. The first-order valence-electron chi connectivity index (χ1n) is 8.91. The first-order chi connectivity index (χ1) is 13.0. The summed E-state index contributed by atoms with van der Waals surface area (Å²) in [4.78, 5) is 14.3. The maximum Gasteiger partial charge on any atom is 0.234 e. The lowest BCUT2D eigenvalue weighted by Gasteiger charge is -2.21. The molecule has 1 atom stereocenters. The number of carbonyl (C=O) groups excluding carboxylic acids is 1. The smallest absolute Gasteiger partial charge is 0.234 e. The quantitative estimate of drug-likeness (QED) is 0.695. The Bertz CT molecular complexity index is 721. The van der Waals surface area contributed by atoms with Crippen LogP contribution in [-0.4, -0.2) is 51.8 Å². The minimum atomic E-state index is -0.198. The summed E-state index contributed by atoms with van der Waals surface area (Å²) in [6, 6.07) is 15.0. The molecule has 0 radical (unpaired) electrons. The Morgan fingerprint density at radius 1 is 1.07 bits per heavy atom. The van der Waals surface area contributed by atoms with Gasteiger partial charge in [0.25, 0.3) is 0 Å². The Balaban J connectivity index is 1.82.